The third-order valence-corrected chi connectivity index (χ3v) is 7.58. The molecule has 2 aromatic carbocycles. The number of aromatic nitrogens is 1. The number of nitrogens with one attached hydrogen (secondary N) is 1. The highest BCUT2D eigenvalue weighted by atomic mass is 32.1. The molecule has 2 N–H and O–H groups in total. The lowest BCUT2D eigenvalue weighted by Crippen LogP contribution is -2.16. The average Bonchev–Trinajstić information content (AvgIpc) is 3.19. The molecule has 1 amide bonds. The van der Waals surface area contributed by atoms with Crippen molar-refractivity contribution in [2.75, 3.05) is 5.32 Å². The zero-order chi connectivity index (χ0) is 24.1. The maximum atomic E-state index is 12.6. The molecule has 1 fully saturated rings. The molecule has 0 saturated heterocycles. The normalized spacial score (nSPS) is 18.8. The zero-order valence-corrected chi connectivity index (χ0v) is 20.3. The van der Waals surface area contributed by atoms with Crippen LogP contribution in [0.4, 0.5) is 10.5 Å². The first-order chi connectivity index (χ1) is 16.4. The van der Waals surface area contributed by atoms with Crippen LogP contribution in [0.25, 0.3) is 10.4 Å². The molecule has 1 saturated carbocycles. The first-order valence-corrected chi connectivity index (χ1v) is 12.5. The van der Waals surface area contributed by atoms with E-state index in [1.165, 1.54) is 17.1 Å². The van der Waals surface area contributed by atoms with Gasteiger partial charge in [-0.15, -0.1) is 0 Å². The average molecular weight is 479 g/mol. The first-order valence-electron chi connectivity index (χ1n) is 11.7. The van der Waals surface area contributed by atoms with Gasteiger partial charge in [-0.25, -0.2) is 4.79 Å². The number of rotatable bonds is 7. The van der Waals surface area contributed by atoms with Crippen molar-refractivity contribution in [3.63, 3.8) is 0 Å². The molecule has 0 spiro atoms. The van der Waals surface area contributed by atoms with Gasteiger partial charge in [-0.3, -0.25) is 10.1 Å². The Balaban J connectivity index is 1.40. The van der Waals surface area contributed by atoms with E-state index >= 15 is 0 Å². The second-order valence-electron chi connectivity index (χ2n) is 8.99. The summed E-state index contributed by atoms with van der Waals surface area (Å²) in [5, 5.41) is 11.9. The summed E-state index contributed by atoms with van der Waals surface area (Å²) in [4.78, 5) is 24.5. The number of nitrogens with zero attached hydrogens (tertiary/aromatic N) is 1. The van der Waals surface area contributed by atoms with Crippen LogP contribution in [0.3, 0.4) is 0 Å². The number of carbonyl (C=O) groups excluding carboxylic acids is 1. The number of anilines is 1. The summed E-state index contributed by atoms with van der Waals surface area (Å²) in [6.45, 7) is 3.72. The van der Waals surface area contributed by atoms with Gasteiger partial charge in [-0.05, 0) is 79.6 Å². The fraction of sp³-hybridized carbons (Fsp3) is 0.370. The van der Waals surface area contributed by atoms with E-state index in [4.69, 9.17) is 9.84 Å². The summed E-state index contributed by atoms with van der Waals surface area (Å²) in [5.74, 6) is 0.0657. The number of hydrogen-bond acceptors (Lipinski definition) is 5. The largest absolute Gasteiger partial charge is 0.481 e. The molecule has 4 rings (SSSR count). The third-order valence-electron chi connectivity index (χ3n) is 6.60. The van der Waals surface area contributed by atoms with Crippen molar-refractivity contribution >= 4 is 29.3 Å². The van der Waals surface area contributed by atoms with E-state index in [1.54, 1.807) is 0 Å². The van der Waals surface area contributed by atoms with E-state index in [-0.39, 0.29) is 12.5 Å². The van der Waals surface area contributed by atoms with E-state index in [1.807, 2.05) is 44.2 Å². The van der Waals surface area contributed by atoms with Gasteiger partial charge in [0.25, 0.3) is 0 Å². The van der Waals surface area contributed by atoms with Gasteiger partial charge in [0.15, 0.2) is 0 Å². The topological polar surface area (TPSA) is 88.5 Å². The van der Waals surface area contributed by atoms with Gasteiger partial charge in [0.1, 0.15) is 6.10 Å². The Morgan fingerprint density at radius 2 is 1.76 bits per heavy atom. The van der Waals surface area contributed by atoms with Gasteiger partial charge in [-0.2, -0.15) is 4.37 Å². The SMILES string of the molecule is Cc1nsc(-c2ccc([C@H]3CC[C@H](CC(=O)O)CC3)cc2)c1NC(=O)O[C@H](C)c1ccccc1. The quantitative estimate of drug-likeness (QED) is 0.375. The van der Waals surface area contributed by atoms with Crippen LogP contribution in [0.5, 0.6) is 0 Å². The second-order valence-corrected chi connectivity index (χ2v) is 9.77. The Bertz CT molecular complexity index is 1120. The van der Waals surface area contributed by atoms with Crippen LogP contribution in [0.1, 0.15) is 67.9 Å². The van der Waals surface area contributed by atoms with E-state index in [2.05, 4.69) is 34.0 Å². The number of hydrogen-bond donors (Lipinski definition) is 2. The van der Waals surface area contributed by atoms with Gasteiger partial charge in [0.05, 0.1) is 16.3 Å². The van der Waals surface area contributed by atoms with Crippen LogP contribution in [-0.2, 0) is 9.53 Å². The van der Waals surface area contributed by atoms with Crippen LogP contribution >= 0.6 is 11.5 Å². The number of ether oxygens (including phenoxy) is 1. The summed E-state index contributed by atoms with van der Waals surface area (Å²) in [5.41, 5.74) is 4.65. The molecule has 1 aromatic heterocycles. The number of amides is 1. The summed E-state index contributed by atoms with van der Waals surface area (Å²) in [7, 11) is 0. The number of aryl methyl sites for hydroxylation is 1. The minimum Gasteiger partial charge on any atom is -0.481 e. The van der Waals surface area contributed by atoms with Gasteiger partial charge >= 0.3 is 12.1 Å². The van der Waals surface area contributed by atoms with Crippen molar-refractivity contribution in [3.05, 3.63) is 71.4 Å². The Labute approximate surface area is 204 Å². The van der Waals surface area contributed by atoms with Crippen molar-refractivity contribution in [3.8, 4) is 10.4 Å². The van der Waals surface area contributed by atoms with Crippen molar-refractivity contribution in [2.45, 2.75) is 58.0 Å². The summed E-state index contributed by atoms with van der Waals surface area (Å²) in [6.07, 6.45) is 3.38. The maximum absolute atomic E-state index is 12.6. The van der Waals surface area contributed by atoms with Gasteiger partial charge in [0.2, 0.25) is 0 Å². The van der Waals surface area contributed by atoms with E-state index in [9.17, 15) is 9.59 Å². The molecule has 0 radical (unpaired) electrons. The van der Waals surface area contributed by atoms with Crippen LogP contribution in [0.15, 0.2) is 54.6 Å². The van der Waals surface area contributed by atoms with Gasteiger partial charge in [0, 0.05) is 6.42 Å². The molecular formula is C27H30N2O4S. The molecule has 1 heterocycles. The molecular weight excluding hydrogens is 448 g/mol. The van der Waals surface area contributed by atoms with Crippen LogP contribution in [0, 0.1) is 12.8 Å². The number of carbonyl (C=O) groups is 2. The minimum absolute atomic E-state index is 0.277. The highest BCUT2D eigenvalue weighted by Crippen LogP contribution is 2.39. The predicted molar refractivity (Wildman–Crippen MR) is 134 cm³/mol. The van der Waals surface area contributed by atoms with Crippen LogP contribution in [0.2, 0.25) is 0 Å². The van der Waals surface area contributed by atoms with Gasteiger partial charge < -0.3 is 9.84 Å². The molecule has 6 nitrogen and oxygen atoms in total. The molecule has 0 bridgehead atoms. The molecule has 1 aliphatic rings. The Kier molecular flexibility index (Phi) is 7.63. The predicted octanol–water partition coefficient (Wildman–Crippen LogP) is 7.18. The van der Waals surface area contributed by atoms with E-state index in [0.29, 0.717) is 17.5 Å². The summed E-state index contributed by atoms with van der Waals surface area (Å²) >= 11 is 1.36. The lowest BCUT2D eigenvalue weighted by molar-refractivity contribution is -0.138. The molecule has 3 aromatic rings. The van der Waals surface area contributed by atoms with Crippen molar-refractivity contribution < 1.29 is 19.4 Å². The first kappa shape index (κ1) is 24.0. The standard InChI is InChI=1S/C27H30N2O4S/c1-17-25(28-27(32)33-18(2)20-6-4-3-5-7-20)26(34-29-17)23-14-12-22(13-15-23)21-10-8-19(9-11-21)16-24(30)31/h3-7,12-15,18-19,21H,8-11,16H2,1-2H3,(H,28,32)(H,30,31)/t18-,19-,21-/m1/s1. The minimum atomic E-state index is -0.699. The van der Waals surface area contributed by atoms with Crippen LogP contribution in [-0.4, -0.2) is 21.5 Å². The molecule has 7 heteroatoms. The lowest BCUT2D eigenvalue weighted by Gasteiger charge is -2.28. The number of carboxylic acids is 1. The van der Waals surface area contributed by atoms with Crippen molar-refractivity contribution in [1.82, 2.24) is 4.37 Å². The van der Waals surface area contributed by atoms with Crippen LogP contribution < -0.4 is 5.32 Å². The number of benzene rings is 2. The van der Waals surface area contributed by atoms with E-state index < -0.39 is 12.1 Å². The molecule has 34 heavy (non-hydrogen) atoms. The molecule has 178 valence electrons. The van der Waals surface area contributed by atoms with Crippen molar-refractivity contribution in [2.24, 2.45) is 5.92 Å². The monoisotopic (exact) mass is 478 g/mol. The van der Waals surface area contributed by atoms with Crippen molar-refractivity contribution in [1.29, 1.82) is 0 Å². The maximum Gasteiger partial charge on any atom is 0.412 e. The fourth-order valence-corrected chi connectivity index (χ4v) is 5.50. The fourth-order valence-electron chi connectivity index (χ4n) is 4.65. The Morgan fingerprint density at radius 3 is 2.41 bits per heavy atom. The number of carboxylic acid groups (broad SMARTS) is 1. The van der Waals surface area contributed by atoms with Gasteiger partial charge in [-0.1, -0.05) is 54.6 Å². The highest BCUT2D eigenvalue weighted by molar-refractivity contribution is 7.10. The second kappa shape index (κ2) is 10.8. The lowest BCUT2D eigenvalue weighted by atomic mass is 9.77. The Morgan fingerprint density at radius 1 is 1.09 bits per heavy atom. The van der Waals surface area contributed by atoms with E-state index in [0.717, 1.165) is 47.4 Å². The molecule has 1 atom stereocenters. The molecule has 1 aliphatic carbocycles. The Hall–Kier alpha value is -3.19. The zero-order valence-electron chi connectivity index (χ0n) is 19.5. The summed E-state index contributed by atoms with van der Waals surface area (Å²) < 4.78 is 10.0. The number of aliphatic carboxylic acids is 1. The third kappa shape index (κ3) is 5.83. The smallest absolute Gasteiger partial charge is 0.412 e. The molecule has 0 unspecified atom stereocenters. The molecule has 0 aliphatic heterocycles. The highest BCUT2D eigenvalue weighted by Gasteiger charge is 2.24. The summed E-state index contributed by atoms with van der Waals surface area (Å²) in [6, 6.07) is 18.1.